The van der Waals surface area contributed by atoms with Crippen molar-refractivity contribution in [2.24, 2.45) is 5.73 Å². The van der Waals surface area contributed by atoms with Gasteiger partial charge < -0.3 is 21.1 Å². The van der Waals surface area contributed by atoms with Gasteiger partial charge in [-0.05, 0) is 46.6 Å². The Morgan fingerprint density at radius 3 is 2.39 bits per heavy atom. The minimum absolute atomic E-state index is 0.335. The van der Waals surface area contributed by atoms with E-state index in [2.05, 4.69) is 17.7 Å². The third-order valence-corrected chi connectivity index (χ3v) is 2.13. The van der Waals surface area contributed by atoms with Crippen LogP contribution in [0, 0.1) is 7.05 Å². The van der Waals surface area contributed by atoms with E-state index in [0.717, 1.165) is 12.8 Å². The minimum atomic E-state index is -0.635. The van der Waals surface area contributed by atoms with E-state index in [1.165, 1.54) is 0 Å². The van der Waals surface area contributed by atoms with Crippen LogP contribution in [0.3, 0.4) is 0 Å². The normalized spacial score (nSPS) is 12.7. The summed E-state index contributed by atoms with van der Waals surface area (Å²) in [4.78, 5) is 23.1. The van der Waals surface area contributed by atoms with Crippen molar-refractivity contribution in [1.29, 1.82) is 0 Å². The van der Waals surface area contributed by atoms with E-state index in [-0.39, 0.29) is 5.91 Å². The van der Waals surface area contributed by atoms with Gasteiger partial charge in [0.2, 0.25) is 5.91 Å². The Labute approximate surface area is 109 Å². The van der Waals surface area contributed by atoms with Crippen molar-refractivity contribution >= 4 is 12.0 Å². The number of amides is 2. The fourth-order valence-electron chi connectivity index (χ4n) is 1.33. The smallest absolute Gasteiger partial charge is 0.408 e. The van der Waals surface area contributed by atoms with Crippen LogP contribution in [0.1, 0.15) is 40.0 Å². The highest BCUT2D eigenvalue weighted by molar-refractivity contribution is 5.85. The quantitative estimate of drug-likeness (QED) is 0.617. The Bertz CT molecular complexity index is 274. The lowest BCUT2D eigenvalue weighted by molar-refractivity contribution is -0.122. The molecule has 0 aromatic rings. The molecule has 1 atom stereocenters. The third-order valence-electron chi connectivity index (χ3n) is 2.13. The fraction of sp³-hybridized carbons (Fsp3) is 0.750. The van der Waals surface area contributed by atoms with Gasteiger partial charge in [-0.2, -0.15) is 0 Å². The Morgan fingerprint density at radius 2 is 1.94 bits per heavy atom. The van der Waals surface area contributed by atoms with Crippen LogP contribution in [0.25, 0.3) is 0 Å². The van der Waals surface area contributed by atoms with Gasteiger partial charge in [-0.15, -0.1) is 0 Å². The summed E-state index contributed by atoms with van der Waals surface area (Å²) in [5.74, 6) is -0.335. The predicted octanol–water partition coefficient (Wildman–Crippen LogP) is 0.916. The van der Waals surface area contributed by atoms with Crippen LogP contribution in [0.2, 0.25) is 0 Å². The number of carbonyl (C=O) groups excluding carboxylic acids is 2. The van der Waals surface area contributed by atoms with Gasteiger partial charge in [-0.25, -0.2) is 4.79 Å². The van der Waals surface area contributed by atoms with Crippen molar-refractivity contribution in [1.82, 2.24) is 10.6 Å². The number of nitrogens with one attached hydrogen (secondary N) is 2. The summed E-state index contributed by atoms with van der Waals surface area (Å²) in [5.41, 5.74) is 4.79. The molecule has 0 rings (SSSR count). The van der Waals surface area contributed by atoms with Gasteiger partial charge in [0.1, 0.15) is 11.6 Å². The standard InChI is InChI=1S/C12H24N3O3/c1-12(2,3)18-11(17)15-9(10(16)14-4)7-5-6-8-13/h9H,4-8,13H2,1-3H3,(H,14,16)(H,15,17)/t9-/m0/s1. The maximum atomic E-state index is 11.6. The van der Waals surface area contributed by atoms with E-state index in [4.69, 9.17) is 10.5 Å². The van der Waals surface area contributed by atoms with Crippen LogP contribution in [0.4, 0.5) is 4.79 Å². The average Bonchev–Trinajstić information content (AvgIpc) is 2.24. The topological polar surface area (TPSA) is 93.5 Å². The van der Waals surface area contributed by atoms with Crippen LogP contribution < -0.4 is 16.4 Å². The molecule has 0 aromatic carbocycles. The van der Waals surface area contributed by atoms with Crippen LogP contribution in [-0.2, 0) is 9.53 Å². The summed E-state index contributed by atoms with van der Waals surface area (Å²) >= 11 is 0. The van der Waals surface area contributed by atoms with Crippen molar-refractivity contribution in [2.45, 2.75) is 51.7 Å². The highest BCUT2D eigenvalue weighted by atomic mass is 16.6. The Morgan fingerprint density at radius 1 is 1.33 bits per heavy atom. The van der Waals surface area contributed by atoms with E-state index >= 15 is 0 Å². The first kappa shape index (κ1) is 16.7. The summed E-state index contributed by atoms with van der Waals surface area (Å²) in [6, 6.07) is -0.635. The highest BCUT2D eigenvalue weighted by Gasteiger charge is 2.23. The molecule has 0 unspecified atom stereocenters. The molecule has 0 aliphatic rings. The van der Waals surface area contributed by atoms with Crippen LogP contribution in [0.15, 0.2) is 0 Å². The van der Waals surface area contributed by atoms with Gasteiger partial charge in [-0.3, -0.25) is 4.79 Å². The van der Waals surface area contributed by atoms with Crippen LogP contribution in [-0.4, -0.2) is 30.2 Å². The molecule has 105 valence electrons. The lowest BCUT2D eigenvalue weighted by atomic mass is 10.1. The number of alkyl carbamates (subject to hydrolysis) is 1. The number of rotatable bonds is 6. The first-order valence-corrected chi connectivity index (χ1v) is 6.06. The summed E-state index contributed by atoms with van der Waals surface area (Å²) in [5, 5.41) is 4.80. The van der Waals surface area contributed by atoms with Crippen molar-refractivity contribution in [2.75, 3.05) is 6.54 Å². The fourth-order valence-corrected chi connectivity index (χ4v) is 1.33. The zero-order chi connectivity index (χ0) is 14.2. The molecule has 0 aliphatic carbocycles. The zero-order valence-corrected chi connectivity index (χ0v) is 11.4. The Balaban J connectivity index is 4.31. The third kappa shape index (κ3) is 7.89. The summed E-state index contributed by atoms with van der Waals surface area (Å²) in [6.45, 7) is 5.84. The van der Waals surface area contributed by atoms with Gasteiger partial charge in [0, 0.05) is 7.05 Å². The Hall–Kier alpha value is -1.30. The van der Waals surface area contributed by atoms with Gasteiger partial charge in [0.15, 0.2) is 0 Å². The van der Waals surface area contributed by atoms with E-state index in [1.54, 1.807) is 20.8 Å². The summed E-state index contributed by atoms with van der Waals surface area (Å²) in [6.07, 6.45) is 1.46. The molecule has 0 aromatic heterocycles. The molecule has 0 aliphatic heterocycles. The van der Waals surface area contributed by atoms with Crippen LogP contribution in [0.5, 0.6) is 0 Å². The largest absolute Gasteiger partial charge is 0.444 e. The first-order chi connectivity index (χ1) is 8.30. The minimum Gasteiger partial charge on any atom is -0.444 e. The lowest BCUT2D eigenvalue weighted by Gasteiger charge is -2.22. The molecule has 0 saturated heterocycles. The number of hydrogen-bond acceptors (Lipinski definition) is 4. The molecular formula is C12H24N3O3. The molecule has 0 fully saturated rings. The molecule has 2 amide bonds. The van der Waals surface area contributed by atoms with Crippen molar-refractivity contribution in [3.05, 3.63) is 7.05 Å². The van der Waals surface area contributed by atoms with E-state index < -0.39 is 17.7 Å². The highest BCUT2D eigenvalue weighted by Crippen LogP contribution is 2.08. The molecule has 0 bridgehead atoms. The molecule has 6 heteroatoms. The molecule has 0 spiro atoms. The zero-order valence-electron chi connectivity index (χ0n) is 11.4. The van der Waals surface area contributed by atoms with Crippen molar-refractivity contribution in [3.8, 4) is 0 Å². The number of ether oxygens (including phenoxy) is 1. The average molecular weight is 258 g/mol. The monoisotopic (exact) mass is 258 g/mol. The van der Waals surface area contributed by atoms with Gasteiger partial charge in [-0.1, -0.05) is 0 Å². The van der Waals surface area contributed by atoms with E-state index in [1.807, 2.05) is 0 Å². The molecule has 1 radical (unpaired) electrons. The van der Waals surface area contributed by atoms with Crippen molar-refractivity contribution in [3.63, 3.8) is 0 Å². The number of hydrogen-bond donors (Lipinski definition) is 3. The van der Waals surface area contributed by atoms with Gasteiger partial charge >= 0.3 is 6.09 Å². The van der Waals surface area contributed by atoms with E-state index in [0.29, 0.717) is 13.0 Å². The second kappa shape index (κ2) is 7.92. The number of carbonyl (C=O) groups is 2. The second-order valence-electron chi connectivity index (χ2n) is 5.02. The lowest BCUT2D eigenvalue weighted by Crippen LogP contribution is -2.46. The maximum Gasteiger partial charge on any atom is 0.408 e. The first-order valence-electron chi connectivity index (χ1n) is 6.06. The summed E-state index contributed by atoms with van der Waals surface area (Å²) in [7, 11) is 3.30. The number of nitrogens with two attached hydrogens (primary N) is 1. The molecule has 4 N–H and O–H groups in total. The van der Waals surface area contributed by atoms with E-state index in [9.17, 15) is 9.59 Å². The predicted molar refractivity (Wildman–Crippen MR) is 69.6 cm³/mol. The van der Waals surface area contributed by atoms with Crippen molar-refractivity contribution < 1.29 is 14.3 Å². The van der Waals surface area contributed by atoms with Crippen LogP contribution >= 0.6 is 0 Å². The molecule has 6 nitrogen and oxygen atoms in total. The van der Waals surface area contributed by atoms with Gasteiger partial charge in [0.05, 0.1) is 0 Å². The molecular weight excluding hydrogens is 234 g/mol. The second-order valence-corrected chi connectivity index (χ2v) is 5.02. The number of unbranched alkanes of at least 4 members (excludes halogenated alkanes) is 1. The Kier molecular flexibility index (Phi) is 7.35. The van der Waals surface area contributed by atoms with Gasteiger partial charge in [0.25, 0.3) is 0 Å². The maximum absolute atomic E-state index is 11.6. The molecule has 0 heterocycles. The summed E-state index contributed by atoms with van der Waals surface area (Å²) < 4.78 is 5.09. The molecule has 18 heavy (non-hydrogen) atoms. The molecule has 0 saturated carbocycles. The SMILES string of the molecule is [CH2]NC(=O)[C@H](CCCCN)NC(=O)OC(C)(C)C.